The van der Waals surface area contributed by atoms with Crippen molar-refractivity contribution < 1.29 is 16.8 Å². The number of hydrogen-bond acceptors (Lipinski definition) is 6. The van der Waals surface area contributed by atoms with E-state index in [1.165, 1.54) is 21.2 Å². The van der Waals surface area contributed by atoms with Crippen molar-refractivity contribution in [3.63, 3.8) is 0 Å². The number of sulfonamides is 1. The highest BCUT2D eigenvalue weighted by Gasteiger charge is 2.34. The molecule has 0 aliphatic carbocycles. The van der Waals surface area contributed by atoms with Crippen LogP contribution in [0.4, 0.5) is 0 Å². The van der Waals surface area contributed by atoms with Crippen molar-refractivity contribution in [2.75, 3.05) is 18.8 Å². The molecule has 3 rings (SSSR count). The van der Waals surface area contributed by atoms with Crippen LogP contribution >= 0.6 is 15.9 Å². The van der Waals surface area contributed by atoms with Crippen LogP contribution in [0.25, 0.3) is 5.65 Å². The predicted molar refractivity (Wildman–Crippen MR) is 87.3 cm³/mol. The van der Waals surface area contributed by atoms with Crippen LogP contribution in [0.2, 0.25) is 0 Å². The molecule has 126 valence electrons. The number of nitrogens with zero attached hydrogens (tertiary/aromatic N) is 4. The summed E-state index contributed by atoms with van der Waals surface area (Å²) in [6.07, 6.45) is 4.62. The van der Waals surface area contributed by atoms with Crippen LogP contribution in [0, 0.1) is 0 Å². The molecule has 1 atom stereocenters. The average Bonchev–Trinajstić information content (AvgIpc) is 2.83. The molecule has 11 heteroatoms. The van der Waals surface area contributed by atoms with E-state index < -0.39 is 25.1 Å². The summed E-state index contributed by atoms with van der Waals surface area (Å²) in [6, 6.07) is 0. The lowest BCUT2D eigenvalue weighted by Crippen LogP contribution is -2.33. The molecule has 1 aliphatic rings. The van der Waals surface area contributed by atoms with Crippen molar-refractivity contribution in [1.82, 2.24) is 18.9 Å². The van der Waals surface area contributed by atoms with E-state index in [0.717, 1.165) is 0 Å². The third-order valence-corrected chi connectivity index (χ3v) is 8.45. The number of halogens is 1. The fraction of sp³-hybridized carbons (Fsp3) is 0.500. The molecule has 3 heterocycles. The van der Waals surface area contributed by atoms with Crippen molar-refractivity contribution in [1.29, 1.82) is 0 Å². The Morgan fingerprint density at radius 1 is 1.30 bits per heavy atom. The fourth-order valence-corrected chi connectivity index (χ4v) is 5.71. The standard InChI is InChI=1S/C12H15BrN4O4S2/c1-9-2-3-16(4-5-22(9,18)19)23(20,21)11-7-15-17-8-10(13)6-14-12(11)17/h6-9H,2-5H2,1H3. The van der Waals surface area contributed by atoms with E-state index in [0.29, 0.717) is 4.47 Å². The lowest BCUT2D eigenvalue weighted by Gasteiger charge is -2.18. The van der Waals surface area contributed by atoms with Crippen molar-refractivity contribution in [3.05, 3.63) is 23.1 Å². The fourth-order valence-electron chi connectivity index (χ4n) is 2.44. The molecular formula is C12H15BrN4O4S2. The molecule has 2 aromatic rings. The molecule has 0 radical (unpaired) electrons. The Balaban J connectivity index is 2.00. The molecule has 0 amide bonds. The Morgan fingerprint density at radius 3 is 2.78 bits per heavy atom. The number of sulfone groups is 1. The highest BCUT2D eigenvalue weighted by Crippen LogP contribution is 2.24. The maximum atomic E-state index is 12.8. The van der Waals surface area contributed by atoms with Crippen LogP contribution in [0.1, 0.15) is 13.3 Å². The Labute approximate surface area is 142 Å². The van der Waals surface area contributed by atoms with E-state index in [4.69, 9.17) is 0 Å². The van der Waals surface area contributed by atoms with E-state index in [1.54, 1.807) is 13.1 Å². The summed E-state index contributed by atoms with van der Waals surface area (Å²) in [6.45, 7) is 1.72. The number of hydrogen-bond donors (Lipinski definition) is 0. The minimum absolute atomic E-state index is 0.0167. The molecule has 0 spiro atoms. The third kappa shape index (κ3) is 3.02. The van der Waals surface area contributed by atoms with E-state index in [-0.39, 0.29) is 35.8 Å². The van der Waals surface area contributed by atoms with Crippen LogP contribution in [-0.2, 0) is 19.9 Å². The molecule has 23 heavy (non-hydrogen) atoms. The molecule has 0 N–H and O–H groups in total. The molecule has 1 unspecified atom stereocenters. The molecule has 8 nitrogen and oxygen atoms in total. The van der Waals surface area contributed by atoms with E-state index in [1.807, 2.05) is 0 Å². The maximum Gasteiger partial charge on any atom is 0.248 e. The normalized spacial score (nSPS) is 23.0. The van der Waals surface area contributed by atoms with Gasteiger partial charge >= 0.3 is 0 Å². The van der Waals surface area contributed by atoms with Gasteiger partial charge in [-0.1, -0.05) is 0 Å². The van der Waals surface area contributed by atoms with Gasteiger partial charge in [0.25, 0.3) is 0 Å². The van der Waals surface area contributed by atoms with Crippen LogP contribution < -0.4 is 0 Å². The minimum atomic E-state index is -3.85. The van der Waals surface area contributed by atoms with Gasteiger partial charge in [-0.3, -0.25) is 0 Å². The molecule has 1 aliphatic heterocycles. The summed E-state index contributed by atoms with van der Waals surface area (Å²) in [5.74, 6) is -0.175. The third-order valence-electron chi connectivity index (χ3n) is 3.93. The Morgan fingerprint density at radius 2 is 2.04 bits per heavy atom. The summed E-state index contributed by atoms with van der Waals surface area (Å²) in [4.78, 5) is 4.08. The zero-order valence-electron chi connectivity index (χ0n) is 12.3. The monoisotopic (exact) mass is 422 g/mol. The first-order valence-electron chi connectivity index (χ1n) is 6.92. The number of aromatic nitrogens is 3. The summed E-state index contributed by atoms with van der Waals surface area (Å²) in [5.41, 5.74) is 0.216. The molecule has 2 aromatic heterocycles. The molecular weight excluding hydrogens is 408 g/mol. The summed E-state index contributed by atoms with van der Waals surface area (Å²) in [5, 5.41) is 3.47. The number of rotatable bonds is 2. The summed E-state index contributed by atoms with van der Waals surface area (Å²) >= 11 is 3.25. The molecule has 0 aromatic carbocycles. The van der Waals surface area contributed by atoms with Crippen molar-refractivity contribution in [2.24, 2.45) is 0 Å². The lowest BCUT2D eigenvalue weighted by molar-refractivity contribution is 0.429. The second-order valence-electron chi connectivity index (χ2n) is 5.42. The first-order chi connectivity index (χ1) is 10.7. The summed E-state index contributed by atoms with van der Waals surface area (Å²) in [7, 11) is -7.10. The minimum Gasteiger partial charge on any atom is -0.235 e. The summed E-state index contributed by atoms with van der Waals surface area (Å²) < 4.78 is 52.8. The zero-order chi connectivity index (χ0) is 16.8. The van der Waals surface area contributed by atoms with Crippen molar-refractivity contribution in [3.8, 4) is 0 Å². The zero-order valence-corrected chi connectivity index (χ0v) is 15.5. The number of fused-ring (bicyclic) bond motifs is 1. The predicted octanol–water partition coefficient (Wildman–Crippen LogP) is 0.690. The Bertz CT molecular complexity index is 955. The average molecular weight is 423 g/mol. The van der Waals surface area contributed by atoms with Crippen molar-refractivity contribution in [2.45, 2.75) is 23.5 Å². The van der Waals surface area contributed by atoms with Gasteiger partial charge in [0, 0.05) is 25.5 Å². The van der Waals surface area contributed by atoms with Gasteiger partial charge in [0.1, 0.15) is 4.90 Å². The first kappa shape index (κ1) is 16.8. The van der Waals surface area contributed by atoms with Gasteiger partial charge in [0.2, 0.25) is 10.0 Å². The lowest BCUT2D eigenvalue weighted by atomic mass is 10.3. The molecule has 1 saturated heterocycles. The van der Waals surface area contributed by atoms with Crippen LogP contribution in [0.15, 0.2) is 28.0 Å². The second-order valence-corrected chi connectivity index (χ2v) is 10.8. The Hall–Kier alpha value is -1.04. The largest absolute Gasteiger partial charge is 0.248 e. The van der Waals surface area contributed by atoms with Crippen molar-refractivity contribution >= 4 is 41.4 Å². The van der Waals surface area contributed by atoms with Gasteiger partial charge in [0.15, 0.2) is 15.5 Å². The SMILES string of the molecule is CC1CCN(S(=O)(=O)c2cnn3cc(Br)cnc23)CCS1(=O)=O. The van der Waals surface area contributed by atoms with Gasteiger partial charge in [-0.15, -0.1) is 0 Å². The van der Waals surface area contributed by atoms with Gasteiger partial charge < -0.3 is 0 Å². The quantitative estimate of drug-likeness (QED) is 0.705. The van der Waals surface area contributed by atoms with E-state index in [9.17, 15) is 16.8 Å². The maximum absolute atomic E-state index is 12.8. The van der Waals surface area contributed by atoms with Crippen LogP contribution in [0.5, 0.6) is 0 Å². The van der Waals surface area contributed by atoms with Gasteiger partial charge in [-0.05, 0) is 29.3 Å². The van der Waals surface area contributed by atoms with Gasteiger partial charge in [-0.2, -0.15) is 9.40 Å². The molecule has 0 saturated carbocycles. The topological polar surface area (TPSA) is 102 Å². The van der Waals surface area contributed by atoms with Crippen LogP contribution in [-0.4, -0.2) is 59.8 Å². The van der Waals surface area contributed by atoms with Gasteiger partial charge in [0.05, 0.1) is 21.7 Å². The smallest absolute Gasteiger partial charge is 0.235 e. The second kappa shape index (κ2) is 5.80. The highest BCUT2D eigenvalue weighted by molar-refractivity contribution is 9.10. The van der Waals surface area contributed by atoms with Crippen LogP contribution in [0.3, 0.4) is 0 Å². The molecule has 0 bridgehead atoms. The van der Waals surface area contributed by atoms with E-state index >= 15 is 0 Å². The first-order valence-corrected chi connectivity index (χ1v) is 10.9. The Kier molecular flexibility index (Phi) is 4.23. The van der Waals surface area contributed by atoms with Gasteiger partial charge in [-0.25, -0.2) is 26.3 Å². The highest BCUT2D eigenvalue weighted by atomic mass is 79.9. The molecule has 1 fully saturated rings. The van der Waals surface area contributed by atoms with E-state index in [2.05, 4.69) is 26.0 Å².